The molecule has 0 aliphatic carbocycles. The van der Waals surface area contributed by atoms with E-state index in [0.29, 0.717) is 35.1 Å². The van der Waals surface area contributed by atoms with Gasteiger partial charge in [-0.25, -0.2) is 9.59 Å². The van der Waals surface area contributed by atoms with Crippen LogP contribution < -0.4 is 9.47 Å². The van der Waals surface area contributed by atoms with E-state index in [1.165, 1.54) is 0 Å². The molecule has 1 fully saturated rings. The van der Waals surface area contributed by atoms with Crippen LogP contribution in [-0.2, 0) is 6.54 Å². The number of benzene rings is 4. The van der Waals surface area contributed by atoms with Crippen LogP contribution in [-0.4, -0.2) is 29.9 Å². The van der Waals surface area contributed by atoms with Gasteiger partial charge >= 0.3 is 11.9 Å². The Morgan fingerprint density at radius 3 is 2.12 bits per heavy atom. The monoisotopic (exact) mass is 531 g/mol. The molecular weight excluding hydrogens is 502 g/mol. The van der Waals surface area contributed by atoms with Gasteiger partial charge in [0.2, 0.25) is 0 Å². The predicted molar refractivity (Wildman–Crippen MR) is 153 cm³/mol. The lowest BCUT2D eigenvalue weighted by atomic mass is 9.90. The number of likely N-dealkylation sites (tertiary alicyclic amines) is 1. The average molecular weight is 532 g/mol. The Hall–Kier alpha value is -4.68. The van der Waals surface area contributed by atoms with Gasteiger partial charge in [0.15, 0.2) is 0 Å². The van der Waals surface area contributed by atoms with E-state index in [9.17, 15) is 9.59 Å². The number of hydrogen-bond donors (Lipinski definition) is 0. The van der Waals surface area contributed by atoms with Crippen molar-refractivity contribution in [1.82, 2.24) is 4.90 Å². The predicted octanol–water partition coefficient (Wildman–Crippen LogP) is 7.25. The van der Waals surface area contributed by atoms with Gasteiger partial charge < -0.3 is 13.9 Å². The first-order valence-corrected chi connectivity index (χ1v) is 13.5. The average Bonchev–Trinajstić information content (AvgIpc) is 3.40. The molecule has 0 saturated carbocycles. The van der Waals surface area contributed by atoms with Gasteiger partial charge in [-0.2, -0.15) is 0 Å². The van der Waals surface area contributed by atoms with Crippen molar-refractivity contribution in [2.75, 3.05) is 13.1 Å². The quantitative estimate of drug-likeness (QED) is 0.163. The summed E-state index contributed by atoms with van der Waals surface area (Å²) < 4.78 is 17.3. The SMILES string of the molecule is O=C(Oc1cccc(C2CCCN(Cc3cc4cc(OC(=O)c5ccccc5)ccc4o3)C2)c1)c1ccccc1. The van der Waals surface area contributed by atoms with Crippen LogP contribution in [0.4, 0.5) is 0 Å². The maximum Gasteiger partial charge on any atom is 0.343 e. The van der Waals surface area contributed by atoms with Crippen molar-refractivity contribution in [2.45, 2.75) is 25.3 Å². The summed E-state index contributed by atoms with van der Waals surface area (Å²) in [6.45, 7) is 2.55. The van der Waals surface area contributed by atoms with Crippen molar-refractivity contribution >= 4 is 22.9 Å². The minimum absolute atomic E-state index is 0.331. The van der Waals surface area contributed by atoms with Gasteiger partial charge in [-0.3, -0.25) is 4.90 Å². The normalized spacial score (nSPS) is 15.6. The lowest BCUT2D eigenvalue weighted by Gasteiger charge is -2.32. The third kappa shape index (κ3) is 5.98. The van der Waals surface area contributed by atoms with Crippen LogP contribution in [0, 0.1) is 0 Å². The Morgan fingerprint density at radius 1 is 0.750 bits per heavy atom. The van der Waals surface area contributed by atoms with Crippen LogP contribution in [0.3, 0.4) is 0 Å². The fourth-order valence-electron chi connectivity index (χ4n) is 5.22. The van der Waals surface area contributed by atoms with E-state index >= 15 is 0 Å². The second kappa shape index (κ2) is 11.6. The van der Waals surface area contributed by atoms with Crippen molar-refractivity contribution in [1.29, 1.82) is 0 Å². The van der Waals surface area contributed by atoms with Crippen LogP contribution in [0.5, 0.6) is 11.5 Å². The summed E-state index contributed by atoms with van der Waals surface area (Å²) in [5.74, 6) is 1.50. The summed E-state index contributed by atoms with van der Waals surface area (Å²) in [5.41, 5.74) is 2.97. The third-order valence-corrected chi connectivity index (χ3v) is 7.19. The minimum atomic E-state index is -0.387. The summed E-state index contributed by atoms with van der Waals surface area (Å²) >= 11 is 0. The number of carbonyl (C=O) groups excluding carboxylic acids is 2. The van der Waals surface area contributed by atoms with Gasteiger partial charge in [0.05, 0.1) is 17.7 Å². The molecule has 6 rings (SSSR count). The van der Waals surface area contributed by atoms with E-state index < -0.39 is 0 Å². The number of hydrogen-bond acceptors (Lipinski definition) is 6. The largest absolute Gasteiger partial charge is 0.460 e. The number of fused-ring (bicyclic) bond motifs is 1. The highest BCUT2D eigenvalue weighted by molar-refractivity contribution is 5.92. The molecule has 0 spiro atoms. The van der Waals surface area contributed by atoms with E-state index in [1.807, 2.05) is 72.8 Å². The van der Waals surface area contributed by atoms with Crippen LogP contribution in [0.1, 0.15) is 50.8 Å². The molecule has 1 aliphatic rings. The van der Waals surface area contributed by atoms with E-state index in [0.717, 1.165) is 48.2 Å². The van der Waals surface area contributed by atoms with E-state index in [2.05, 4.69) is 11.0 Å². The molecule has 1 aromatic heterocycles. The van der Waals surface area contributed by atoms with Gasteiger partial charge in [0, 0.05) is 11.9 Å². The van der Waals surface area contributed by atoms with E-state index in [-0.39, 0.29) is 11.9 Å². The summed E-state index contributed by atoms with van der Waals surface area (Å²) in [4.78, 5) is 27.3. The number of esters is 2. The maximum atomic E-state index is 12.5. The first-order chi connectivity index (χ1) is 19.6. The Labute approximate surface area is 232 Å². The molecule has 0 bridgehead atoms. The Kier molecular flexibility index (Phi) is 7.42. The molecule has 2 heterocycles. The zero-order chi connectivity index (χ0) is 27.3. The molecule has 1 atom stereocenters. The number of rotatable bonds is 7. The zero-order valence-electron chi connectivity index (χ0n) is 22.0. The first kappa shape index (κ1) is 25.6. The molecule has 0 radical (unpaired) electrons. The van der Waals surface area contributed by atoms with Crippen molar-refractivity contribution in [3.8, 4) is 11.5 Å². The highest BCUT2D eigenvalue weighted by Crippen LogP contribution is 2.31. The van der Waals surface area contributed by atoms with Crippen LogP contribution in [0.15, 0.2) is 114 Å². The molecule has 1 unspecified atom stereocenters. The van der Waals surface area contributed by atoms with Crippen LogP contribution in [0.25, 0.3) is 11.0 Å². The fraction of sp³-hybridized carbons (Fsp3) is 0.176. The highest BCUT2D eigenvalue weighted by atomic mass is 16.5. The number of nitrogens with zero attached hydrogens (tertiary/aromatic N) is 1. The van der Waals surface area contributed by atoms with Gasteiger partial charge in [-0.15, -0.1) is 0 Å². The molecule has 1 saturated heterocycles. The second-order valence-corrected chi connectivity index (χ2v) is 10.1. The van der Waals surface area contributed by atoms with Crippen molar-refractivity contribution in [3.63, 3.8) is 0 Å². The zero-order valence-corrected chi connectivity index (χ0v) is 22.0. The Balaban J connectivity index is 1.10. The van der Waals surface area contributed by atoms with Crippen LogP contribution in [0.2, 0.25) is 0 Å². The molecule has 6 heteroatoms. The molecule has 0 amide bonds. The number of piperidine rings is 1. The number of furan rings is 1. The minimum Gasteiger partial charge on any atom is -0.460 e. The molecule has 4 aromatic carbocycles. The summed E-state index contributed by atoms with van der Waals surface area (Å²) in [6, 6.07) is 33.3. The maximum absolute atomic E-state index is 12.5. The van der Waals surface area contributed by atoms with Gasteiger partial charge in [0.1, 0.15) is 22.8 Å². The molecule has 1 aliphatic heterocycles. The number of ether oxygens (including phenoxy) is 2. The van der Waals surface area contributed by atoms with E-state index in [4.69, 9.17) is 13.9 Å². The molecule has 5 aromatic rings. The second-order valence-electron chi connectivity index (χ2n) is 10.1. The molecular formula is C34H29NO5. The van der Waals surface area contributed by atoms with Gasteiger partial charge in [0.25, 0.3) is 0 Å². The van der Waals surface area contributed by atoms with Gasteiger partial charge in [-0.1, -0.05) is 48.5 Å². The van der Waals surface area contributed by atoms with Crippen LogP contribution >= 0.6 is 0 Å². The van der Waals surface area contributed by atoms with Gasteiger partial charge in [-0.05, 0) is 91.5 Å². The number of carbonyl (C=O) groups is 2. The molecule has 6 nitrogen and oxygen atoms in total. The summed E-state index contributed by atoms with van der Waals surface area (Å²) in [7, 11) is 0. The molecule has 40 heavy (non-hydrogen) atoms. The molecule has 0 N–H and O–H groups in total. The third-order valence-electron chi connectivity index (χ3n) is 7.19. The first-order valence-electron chi connectivity index (χ1n) is 13.5. The summed E-state index contributed by atoms with van der Waals surface area (Å²) in [5, 5.41) is 0.898. The van der Waals surface area contributed by atoms with Crippen molar-refractivity contribution < 1.29 is 23.5 Å². The Bertz CT molecular complexity index is 1630. The fourth-order valence-corrected chi connectivity index (χ4v) is 5.22. The highest BCUT2D eigenvalue weighted by Gasteiger charge is 2.23. The van der Waals surface area contributed by atoms with E-state index in [1.54, 1.807) is 30.3 Å². The summed E-state index contributed by atoms with van der Waals surface area (Å²) in [6.07, 6.45) is 2.14. The lowest BCUT2D eigenvalue weighted by Crippen LogP contribution is -2.33. The lowest BCUT2D eigenvalue weighted by molar-refractivity contribution is 0.0725. The van der Waals surface area contributed by atoms with Crippen molar-refractivity contribution in [2.24, 2.45) is 0 Å². The van der Waals surface area contributed by atoms with Crippen molar-refractivity contribution in [3.05, 3.63) is 132 Å². The smallest absolute Gasteiger partial charge is 0.343 e. The molecule has 200 valence electrons. The topological polar surface area (TPSA) is 69.0 Å². The standard InChI is InChI=1S/C34H29NO5/c36-33(24-9-3-1-4-10-24)39-29-15-7-13-26(19-29)27-14-8-18-35(22-27)23-31-21-28-20-30(16-17-32(28)38-31)40-34(37)25-11-5-2-6-12-25/h1-7,9-13,15-17,19-21,27H,8,14,18,22-23H2. The Morgan fingerprint density at radius 2 is 1.43 bits per heavy atom.